The lowest BCUT2D eigenvalue weighted by atomic mass is 9.96. The number of carbonyl (C=O) groups excluding carboxylic acids is 1. The first-order valence-electron chi connectivity index (χ1n) is 10.3. The lowest BCUT2D eigenvalue weighted by Crippen LogP contribution is -2.42. The fraction of sp³-hybridized carbons (Fsp3) is 0.261. The summed E-state index contributed by atoms with van der Waals surface area (Å²) in [6.07, 6.45) is -4.37. The zero-order valence-corrected chi connectivity index (χ0v) is 19.1. The van der Waals surface area contributed by atoms with Crippen molar-refractivity contribution in [2.24, 2.45) is 5.73 Å². The van der Waals surface area contributed by atoms with E-state index in [-0.39, 0.29) is 6.54 Å². The van der Waals surface area contributed by atoms with E-state index >= 15 is 0 Å². The predicted octanol–water partition coefficient (Wildman–Crippen LogP) is 4.48. The number of carbonyl (C=O) groups is 1. The number of hydrogen-bond donors (Lipinski definition) is 2. The number of nitrogens with two attached hydrogens (primary N) is 1. The molecule has 2 aromatic carbocycles. The van der Waals surface area contributed by atoms with E-state index in [4.69, 9.17) is 10.5 Å². The molecule has 4 rings (SSSR count). The summed E-state index contributed by atoms with van der Waals surface area (Å²) in [5, 5.41) is 18.2. The topological polar surface area (TPSA) is 103 Å². The van der Waals surface area contributed by atoms with Crippen LogP contribution < -0.4 is 10.5 Å². The van der Waals surface area contributed by atoms with Crippen LogP contribution in [0.4, 0.5) is 13.2 Å². The number of alkyl halides is 3. The van der Waals surface area contributed by atoms with Gasteiger partial charge in [-0.15, -0.1) is 16.4 Å². The Labute approximate surface area is 196 Å². The molecular formula is C23H21F3N4O3S. The van der Waals surface area contributed by atoms with Crippen molar-refractivity contribution < 1.29 is 27.8 Å². The number of primary amides is 1. The van der Waals surface area contributed by atoms with Gasteiger partial charge in [-0.2, -0.15) is 13.2 Å². The van der Waals surface area contributed by atoms with Crippen molar-refractivity contribution in [3.63, 3.8) is 0 Å². The Hall–Kier alpha value is -3.44. The molecule has 3 N–H and O–H groups in total. The summed E-state index contributed by atoms with van der Waals surface area (Å²) in [5.74, 6) is 0.124. The Morgan fingerprint density at radius 1 is 1.21 bits per heavy atom. The largest absolute Gasteiger partial charge is 0.497 e. The van der Waals surface area contributed by atoms with E-state index in [1.54, 1.807) is 25.3 Å². The van der Waals surface area contributed by atoms with Crippen molar-refractivity contribution in [2.75, 3.05) is 7.11 Å². The van der Waals surface area contributed by atoms with Gasteiger partial charge in [0.25, 0.3) is 5.91 Å². The molecule has 2 aromatic heterocycles. The van der Waals surface area contributed by atoms with Crippen LogP contribution in [0.3, 0.4) is 0 Å². The number of halogens is 3. The second-order valence-electron chi connectivity index (χ2n) is 7.74. The van der Waals surface area contributed by atoms with Crippen LogP contribution in [-0.2, 0) is 12.1 Å². The van der Waals surface area contributed by atoms with Gasteiger partial charge < -0.3 is 15.6 Å². The van der Waals surface area contributed by atoms with Gasteiger partial charge in [-0.25, -0.2) is 4.68 Å². The number of rotatable bonds is 7. The van der Waals surface area contributed by atoms with Crippen LogP contribution in [0.15, 0.2) is 48.7 Å². The van der Waals surface area contributed by atoms with Crippen molar-refractivity contribution in [3.05, 3.63) is 64.8 Å². The van der Waals surface area contributed by atoms with Gasteiger partial charge in [0.2, 0.25) is 5.60 Å². The lowest BCUT2D eigenvalue weighted by molar-refractivity contribution is -0.269. The van der Waals surface area contributed by atoms with Crippen LogP contribution in [0.25, 0.3) is 21.2 Å². The SMILES string of the molecule is CCC(O)(c1cn(Cc2ccc3c(-c4ccc(OC)cc4)c(C(N)=O)sc3c2)nn1)C(F)(F)F. The van der Waals surface area contributed by atoms with Crippen molar-refractivity contribution in [1.29, 1.82) is 0 Å². The Kier molecular flexibility index (Phi) is 6.09. The molecule has 1 atom stereocenters. The van der Waals surface area contributed by atoms with E-state index in [1.165, 1.54) is 22.9 Å². The van der Waals surface area contributed by atoms with Gasteiger partial charge >= 0.3 is 6.18 Å². The normalized spacial score (nSPS) is 13.7. The third kappa shape index (κ3) is 4.12. The van der Waals surface area contributed by atoms with E-state index in [9.17, 15) is 23.1 Å². The molecular weight excluding hydrogens is 469 g/mol. The Morgan fingerprint density at radius 3 is 2.50 bits per heavy atom. The number of ether oxygens (including phenoxy) is 1. The van der Waals surface area contributed by atoms with Crippen LogP contribution in [0, 0.1) is 0 Å². The van der Waals surface area contributed by atoms with Crippen molar-refractivity contribution >= 4 is 27.3 Å². The molecule has 11 heteroatoms. The summed E-state index contributed by atoms with van der Waals surface area (Å²) >= 11 is 1.24. The lowest BCUT2D eigenvalue weighted by Gasteiger charge is -2.26. The quantitative estimate of drug-likeness (QED) is 0.398. The smallest absolute Gasteiger partial charge is 0.423 e. The fourth-order valence-corrected chi connectivity index (χ4v) is 4.88. The number of nitrogens with zero attached hydrogens (tertiary/aromatic N) is 3. The van der Waals surface area contributed by atoms with Crippen LogP contribution in [0.5, 0.6) is 5.75 Å². The number of aromatic nitrogens is 3. The van der Waals surface area contributed by atoms with Gasteiger partial charge in [-0.1, -0.05) is 36.4 Å². The van der Waals surface area contributed by atoms with Crippen LogP contribution in [0.2, 0.25) is 0 Å². The summed E-state index contributed by atoms with van der Waals surface area (Å²) in [6, 6.07) is 12.7. The molecule has 1 amide bonds. The van der Waals surface area contributed by atoms with Gasteiger partial charge in [-0.3, -0.25) is 4.79 Å². The number of methoxy groups -OCH3 is 1. The first-order valence-corrected chi connectivity index (χ1v) is 11.1. The summed E-state index contributed by atoms with van der Waals surface area (Å²) < 4.78 is 47.2. The zero-order valence-electron chi connectivity index (χ0n) is 18.3. The maximum Gasteiger partial charge on any atom is 0.423 e. The van der Waals surface area contributed by atoms with Gasteiger partial charge in [0, 0.05) is 15.6 Å². The maximum atomic E-state index is 13.3. The first-order chi connectivity index (χ1) is 16.1. The monoisotopic (exact) mass is 490 g/mol. The number of aliphatic hydroxyl groups is 1. The van der Waals surface area contributed by atoms with Crippen molar-refractivity contribution in [3.8, 4) is 16.9 Å². The summed E-state index contributed by atoms with van der Waals surface area (Å²) in [5.41, 5.74) is 4.26. The molecule has 0 aliphatic heterocycles. The molecule has 178 valence electrons. The van der Waals surface area contributed by atoms with Crippen LogP contribution in [-0.4, -0.2) is 39.3 Å². The van der Waals surface area contributed by atoms with Crippen LogP contribution in [0.1, 0.15) is 34.3 Å². The average molecular weight is 491 g/mol. The highest BCUT2D eigenvalue weighted by atomic mass is 32.1. The zero-order chi connectivity index (χ0) is 24.7. The van der Waals surface area contributed by atoms with E-state index in [2.05, 4.69) is 10.3 Å². The highest BCUT2D eigenvalue weighted by Crippen LogP contribution is 2.41. The van der Waals surface area contributed by atoms with Gasteiger partial charge in [-0.05, 0) is 35.7 Å². The number of amides is 1. The fourth-order valence-electron chi connectivity index (χ4n) is 3.74. The molecule has 0 saturated carbocycles. The molecule has 0 saturated heterocycles. The minimum absolute atomic E-state index is 0.127. The molecule has 0 aliphatic rings. The third-order valence-corrected chi connectivity index (χ3v) is 6.81. The molecule has 0 spiro atoms. The average Bonchev–Trinajstić information content (AvgIpc) is 3.42. The summed E-state index contributed by atoms with van der Waals surface area (Å²) in [6.45, 7) is 1.36. The number of hydrogen-bond acceptors (Lipinski definition) is 6. The van der Waals surface area contributed by atoms with Crippen molar-refractivity contribution in [2.45, 2.75) is 31.7 Å². The second-order valence-corrected chi connectivity index (χ2v) is 8.79. The second kappa shape index (κ2) is 8.73. The Morgan fingerprint density at radius 2 is 1.91 bits per heavy atom. The minimum Gasteiger partial charge on any atom is -0.497 e. The van der Waals surface area contributed by atoms with Crippen molar-refractivity contribution in [1.82, 2.24) is 15.0 Å². The molecule has 0 aliphatic carbocycles. The first kappa shape index (κ1) is 23.7. The highest BCUT2D eigenvalue weighted by molar-refractivity contribution is 7.21. The van der Waals surface area contributed by atoms with Gasteiger partial charge in [0.05, 0.1) is 19.9 Å². The Bertz CT molecular complexity index is 1350. The van der Waals surface area contributed by atoms with Crippen LogP contribution >= 0.6 is 11.3 Å². The molecule has 7 nitrogen and oxygen atoms in total. The van der Waals surface area contributed by atoms with Gasteiger partial charge in [0.1, 0.15) is 16.3 Å². The Balaban J connectivity index is 1.69. The third-order valence-electron chi connectivity index (χ3n) is 5.64. The highest BCUT2D eigenvalue weighted by Gasteiger charge is 2.55. The molecule has 34 heavy (non-hydrogen) atoms. The molecule has 0 radical (unpaired) electrons. The summed E-state index contributed by atoms with van der Waals surface area (Å²) in [7, 11) is 1.56. The molecule has 0 bridgehead atoms. The molecule has 1 unspecified atom stereocenters. The number of benzene rings is 2. The van der Waals surface area contributed by atoms with E-state index in [0.29, 0.717) is 16.2 Å². The molecule has 2 heterocycles. The maximum absolute atomic E-state index is 13.3. The van der Waals surface area contributed by atoms with E-state index in [0.717, 1.165) is 27.4 Å². The molecule has 0 fully saturated rings. The molecule has 4 aromatic rings. The minimum atomic E-state index is -4.87. The standard InChI is InChI=1S/C23H21F3N4O3S/c1-3-22(32,23(24,25)26)18-12-30(29-28-18)11-13-4-9-16-17(10-13)34-20(21(27)31)19(16)14-5-7-15(33-2)8-6-14/h4-10,12,32H,3,11H2,1-2H3,(H2,27,31). The van der Waals surface area contributed by atoms with E-state index in [1.807, 2.05) is 24.3 Å². The number of thiophene rings is 1. The predicted molar refractivity (Wildman–Crippen MR) is 122 cm³/mol. The number of fused-ring (bicyclic) bond motifs is 1. The summed E-state index contributed by atoms with van der Waals surface area (Å²) in [4.78, 5) is 12.5. The van der Waals surface area contributed by atoms with Gasteiger partial charge in [0.15, 0.2) is 0 Å². The van der Waals surface area contributed by atoms with E-state index < -0.39 is 29.8 Å².